The van der Waals surface area contributed by atoms with Crippen LogP contribution in [0, 0.1) is 0 Å². The highest BCUT2D eigenvalue weighted by molar-refractivity contribution is 6.91. The van der Waals surface area contributed by atoms with Gasteiger partial charge in [-0.05, 0) is 24.0 Å². The van der Waals surface area contributed by atoms with Crippen LogP contribution in [0.4, 0.5) is 0 Å². The second kappa shape index (κ2) is 6.44. The highest BCUT2D eigenvalue weighted by atomic mass is 28.4. The molecule has 5 heteroatoms. The summed E-state index contributed by atoms with van der Waals surface area (Å²) < 4.78 is 16.7. The lowest BCUT2D eigenvalue weighted by molar-refractivity contribution is 0.264. The van der Waals surface area contributed by atoms with Crippen LogP contribution < -0.4 is 5.19 Å². The van der Waals surface area contributed by atoms with E-state index < -0.39 is 16.9 Å². The summed E-state index contributed by atoms with van der Waals surface area (Å²) in [4.78, 5) is 0. The molecule has 0 radical (unpaired) electrons. The zero-order valence-corrected chi connectivity index (χ0v) is 13.8. The Morgan fingerprint density at radius 3 is 1.83 bits per heavy atom. The molecule has 18 heavy (non-hydrogen) atoms. The maximum absolute atomic E-state index is 5.77. The van der Waals surface area contributed by atoms with Crippen molar-refractivity contribution < 1.29 is 13.3 Å². The first-order valence-corrected chi connectivity index (χ1v) is 10.8. The van der Waals surface area contributed by atoms with Gasteiger partial charge in [-0.1, -0.05) is 36.0 Å². The summed E-state index contributed by atoms with van der Waals surface area (Å²) in [5, 5.41) is 1.24. The Morgan fingerprint density at radius 2 is 1.39 bits per heavy atom. The fourth-order valence-electron chi connectivity index (χ4n) is 1.58. The van der Waals surface area contributed by atoms with Crippen LogP contribution in [0.25, 0.3) is 0 Å². The minimum Gasteiger partial charge on any atom is -0.412 e. The molecule has 100 valence electrons. The molecule has 0 N–H and O–H groups in total. The first-order chi connectivity index (χ1) is 8.49. The van der Waals surface area contributed by atoms with Gasteiger partial charge in [0.2, 0.25) is 8.32 Å². The van der Waals surface area contributed by atoms with E-state index >= 15 is 0 Å². The molecular weight excluding hydrogens is 260 g/mol. The van der Waals surface area contributed by atoms with Gasteiger partial charge in [0, 0.05) is 21.3 Å². The molecule has 1 aromatic rings. The molecule has 0 spiro atoms. The molecule has 1 atom stereocenters. The van der Waals surface area contributed by atoms with Gasteiger partial charge in [0.15, 0.2) is 0 Å². The van der Waals surface area contributed by atoms with Gasteiger partial charge in [-0.2, -0.15) is 0 Å². The standard InChI is InChI=1S/C13H22O3Si2/c1-14-17(4,13-9-7-6-8-10-13)11-12-18(5,15-2)16-3/h6-12H,1-5H3. The molecule has 0 aliphatic carbocycles. The van der Waals surface area contributed by atoms with Crippen LogP contribution in [0.15, 0.2) is 41.7 Å². The number of benzene rings is 1. The van der Waals surface area contributed by atoms with Crippen LogP contribution in [-0.4, -0.2) is 38.2 Å². The minimum atomic E-state index is -2.18. The smallest absolute Gasteiger partial charge is 0.360 e. The second-order valence-electron chi connectivity index (χ2n) is 4.43. The number of hydrogen-bond donors (Lipinski definition) is 0. The molecule has 0 aromatic heterocycles. The molecule has 1 aromatic carbocycles. The number of hydrogen-bond acceptors (Lipinski definition) is 3. The van der Waals surface area contributed by atoms with Gasteiger partial charge < -0.3 is 13.3 Å². The minimum absolute atomic E-state index is 1.24. The van der Waals surface area contributed by atoms with Gasteiger partial charge in [0.25, 0.3) is 0 Å². The summed E-state index contributed by atoms with van der Waals surface area (Å²) in [5.74, 6) is 0. The maximum Gasteiger partial charge on any atom is 0.360 e. The molecule has 0 saturated heterocycles. The van der Waals surface area contributed by atoms with Gasteiger partial charge in [0.1, 0.15) is 0 Å². The van der Waals surface area contributed by atoms with Crippen LogP contribution in [0.3, 0.4) is 0 Å². The van der Waals surface area contributed by atoms with E-state index in [1.165, 1.54) is 5.19 Å². The summed E-state index contributed by atoms with van der Waals surface area (Å²) in [7, 11) is 0.914. The zero-order chi connectivity index (χ0) is 13.6. The van der Waals surface area contributed by atoms with E-state index in [1.807, 2.05) is 24.7 Å². The monoisotopic (exact) mass is 282 g/mol. The summed E-state index contributed by atoms with van der Waals surface area (Å²) in [5.41, 5.74) is 4.22. The molecule has 0 aliphatic rings. The predicted octanol–water partition coefficient (Wildman–Crippen LogP) is 2.11. The average Bonchev–Trinajstić information content (AvgIpc) is 2.45. The lowest BCUT2D eigenvalue weighted by Crippen LogP contribution is -2.46. The molecule has 0 fully saturated rings. The van der Waals surface area contributed by atoms with E-state index in [9.17, 15) is 0 Å². The fourth-order valence-corrected chi connectivity index (χ4v) is 5.92. The van der Waals surface area contributed by atoms with Crippen molar-refractivity contribution in [3.05, 3.63) is 41.7 Å². The Bertz CT molecular complexity index is 390. The van der Waals surface area contributed by atoms with E-state index in [2.05, 4.69) is 30.1 Å². The van der Waals surface area contributed by atoms with Gasteiger partial charge >= 0.3 is 8.56 Å². The topological polar surface area (TPSA) is 27.7 Å². The van der Waals surface area contributed by atoms with Crippen LogP contribution in [0.1, 0.15) is 0 Å². The third-order valence-electron chi connectivity index (χ3n) is 3.29. The zero-order valence-electron chi connectivity index (χ0n) is 11.8. The first kappa shape index (κ1) is 15.3. The van der Waals surface area contributed by atoms with E-state index in [4.69, 9.17) is 13.3 Å². The summed E-state index contributed by atoms with van der Waals surface area (Å²) in [6, 6.07) is 10.3. The van der Waals surface area contributed by atoms with E-state index in [1.54, 1.807) is 21.3 Å². The lowest BCUT2D eigenvalue weighted by atomic mass is 10.4. The number of rotatable bonds is 6. The van der Waals surface area contributed by atoms with Gasteiger partial charge in [-0.15, -0.1) is 0 Å². The first-order valence-electron chi connectivity index (χ1n) is 5.91. The molecule has 0 amide bonds. The molecule has 0 aliphatic heterocycles. The molecule has 1 unspecified atom stereocenters. The van der Waals surface area contributed by atoms with Gasteiger partial charge in [0.05, 0.1) is 0 Å². The SMILES string of the molecule is CO[Si](C)(C=C[Si](C)(OC)c1ccccc1)OC. The highest BCUT2D eigenvalue weighted by Crippen LogP contribution is 2.12. The van der Waals surface area contributed by atoms with Crippen molar-refractivity contribution in [3.8, 4) is 0 Å². The maximum atomic E-state index is 5.77. The normalized spacial score (nSPS) is 15.8. The Morgan fingerprint density at radius 1 is 0.833 bits per heavy atom. The Hall–Kier alpha value is -0.726. The lowest BCUT2D eigenvalue weighted by Gasteiger charge is -2.24. The van der Waals surface area contributed by atoms with Gasteiger partial charge in [-0.25, -0.2) is 0 Å². The summed E-state index contributed by atoms with van der Waals surface area (Å²) >= 11 is 0. The van der Waals surface area contributed by atoms with Crippen molar-refractivity contribution in [2.75, 3.05) is 21.3 Å². The predicted molar refractivity (Wildman–Crippen MR) is 79.5 cm³/mol. The van der Waals surface area contributed by atoms with Crippen LogP contribution in [0.5, 0.6) is 0 Å². The molecule has 3 nitrogen and oxygen atoms in total. The average molecular weight is 282 g/mol. The van der Waals surface area contributed by atoms with Crippen LogP contribution in [-0.2, 0) is 13.3 Å². The summed E-state index contributed by atoms with van der Waals surface area (Å²) in [6.45, 7) is 4.18. The third-order valence-corrected chi connectivity index (χ3v) is 9.14. The second-order valence-corrected chi connectivity index (χ2v) is 11.1. The van der Waals surface area contributed by atoms with Crippen molar-refractivity contribution in [3.63, 3.8) is 0 Å². The Kier molecular flexibility index (Phi) is 5.49. The third kappa shape index (κ3) is 3.63. The van der Waals surface area contributed by atoms with Crippen molar-refractivity contribution in [2.45, 2.75) is 13.1 Å². The molecule has 1 rings (SSSR count). The Balaban J connectivity index is 3.00. The van der Waals surface area contributed by atoms with Crippen LogP contribution in [0.2, 0.25) is 13.1 Å². The van der Waals surface area contributed by atoms with Gasteiger partial charge in [-0.3, -0.25) is 0 Å². The molecular formula is C13H22O3Si2. The molecule has 0 saturated carbocycles. The fraction of sp³-hybridized carbons (Fsp3) is 0.385. The molecule has 0 heterocycles. The largest absolute Gasteiger partial charge is 0.412 e. The van der Waals surface area contributed by atoms with Crippen molar-refractivity contribution in [1.29, 1.82) is 0 Å². The quantitative estimate of drug-likeness (QED) is 0.748. The Labute approximate surface area is 112 Å². The van der Waals surface area contributed by atoms with Crippen molar-refractivity contribution in [2.24, 2.45) is 0 Å². The van der Waals surface area contributed by atoms with E-state index in [0.29, 0.717) is 0 Å². The van der Waals surface area contributed by atoms with Crippen LogP contribution >= 0.6 is 0 Å². The molecule has 0 bridgehead atoms. The van der Waals surface area contributed by atoms with E-state index in [-0.39, 0.29) is 0 Å². The summed E-state index contributed by atoms with van der Waals surface area (Å²) in [6.07, 6.45) is 0. The van der Waals surface area contributed by atoms with E-state index in [0.717, 1.165) is 0 Å². The highest BCUT2D eigenvalue weighted by Gasteiger charge is 2.31. The van der Waals surface area contributed by atoms with Crippen molar-refractivity contribution >= 4 is 22.1 Å². The van der Waals surface area contributed by atoms with Crippen molar-refractivity contribution in [1.82, 2.24) is 0 Å².